The van der Waals surface area contributed by atoms with Gasteiger partial charge in [-0.05, 0) is 55.3 Å². The highest BCUT2D eigenvalue weighted by atomic mass is 16.5. The van der Waals surface area contributed by atoms with Crippen LogP contribution in [0.1, 0.15) is 76.1 Å². The Morgan fingerprint density at radius 3 is 2.34 bits per heavy atom. The summed E-state index contributed by atoms with van der Waals surface area (Å²) in [6.45, 7) is 2.28. The van der Waals surface area contributed by atoms with Gasteiger partial charge in [-0.1, -0.05) is 58.3 Å². The van der Waals surface area contributed by atoms with Gasteiger partial charge >= 0.3 is 0 Å². The first-order valence-electron chi connectivity index (χ1n) is 13.1. The molecule has 0 aliphatic carbocycles. The molecular formula is C30H39N3O2. The van der Waals surface area contributed by atoms with Crippen molar-refractivity contribution in [2.75, 3.05) is 14.2 Å². The van der Waals surface area contributed by atoms with Crippen molar-refractivity contribution in [3.8, 4) is 11.5 Å². The number of aromatic amines is 2. The Labute approximate surface area is 208 Å². The van der Waals surface area contributed by atoms with Crippen LogP contribution < -0.4 is 30.7 Å². The lowest BCUT2D eigenvalue weighted by Crippen LogP contribution is -2.20. The third-order valence-corrected chi connectivity index (χ3v) is 6.69. The monoisotopic (exact) mass is 473 g/mol. The number of hydrogen-bond acceptors (Lipinski definition) is 3. The van der Waals surface area contributed by atoms with Gasteiger partial charge in [-0.3, -0.25) is 0 Å². The van der Waals surface area contributed by atoms with Gasteiger partial charge in [-0.15, -0.1) is 0 Å². The van der Waals surface area contributed by atoms with Crippen molar-refractivity contribution in [2.24, 2.45) is 4.99 Å². The lowest BCUT2D eigenvalue weighted by molar-refractivity contribution is 0.412. The van der Waals surface area contributed by atoms with Crippen LogP contribution in [0.15, 0.2) is 41.4 Å². The summed E-state index contributed by atoms with van der Waals surface area (Å²) in [6, 6.07) is 12.3. The summed E-state index contributed by atoms with van der Waals surface area (Å²) in [4.78, 5) is 11.8. The summed E-state index contributed by atoms with van der Waals surface area (Å²) in [5, 5.41) is 3.88. The molecule has 1 aliphatic heterocycles. The molecule has 0 atom stereocenters. The Morgan fingerprint density at radius 1 is 0.829 bits per heavy atom. The van der Waals surface area contributed by atoms with Crippen LogP contribution in [0.2, 0.25) is 0 Å². The Kier molecular flexibility index (Phi) is 8.88. The van der Waals surface area contributed by atoms with E-state index in [1.807, 2.05) is 24.3 Å². The maximum Gasteiger partial charge on any atom is 0.144 e. The average molecular weight is 474 g/mol. The SMILES string of the molecule is CCCCCCCCCCCc1ccc(C=c2[nH]c(=C3C=c4cc(OC)ccc4=N3)cc2OC)[nH]1. The molecule has 35 heavy (non-hydrogen) atoms. The summed E-state index contributed by atoms with van der Waals surface area (Å²) < 4.78 is 11.0. The maximum atomic E-state index is 5.65. The lowest BCUT2D eigenvalue weighted by atomic mass is 10.1. The summed E-state index contributed by atoms with van der Waals surface area (Å²) in [6.07, 6.45) is 17.5. The predicted molar refractivity (Wildman–Crippen MR) is 144 cm³/mol. The predicted octanol–water partition coefficient (Wildman–Crippen LogP) is 4.48. The largest absolute Gasteiger partial charge is 0.497 e. The van der Waals surface area contributed by atoms with Crippen molar-refractivity contribution >= 4 is 17.8 Å². The Morgan fingerprint density at radius 2 is 1.60 bits per heavy atom. The number of aryl methyl sites for hydroxylation is 1. The molecule has 1 aromatic carbocycles. The Balaban J connectivity index is 1.39. The van der Waals surface area contributed by atoms with Crippen LogP contribution in [-0.2, 0) is 6.42 Å². The number of benzene rings is 1. The number of methoxy groups -OCH3 is 2. The smallest absolute Gasteiger partial charge is 0.144 e. The fourth-order valence-corrected chi connectivity index (χ4v) is 4.66. The van der Waals surface area contributed by atoms with Gasteiger partial charge in [0, 0.05) is 22.7 Å². The second kappa shape index (κ2) is 12.5. The average Bonchev–Trinajstić information content (AvgIpc) is 3.60. The highest BCUT2D eigenvalue weighted by Crippen LogP contribution is 2.13. The van der Waals surface area contributed by atoms with E-state index in [-0.39, 0.29) is 0 Å². The second-order valence-corrected chi connectivity index (χ2v) is 9.39. The van der Waals surface area contributed by atoms with Crippen LogP contribution in [-0.4, -0.2) is 24.2 Å². The third-order valence-electron chi connectivity index (χ3n) is 6.69. The van der Waals surface area contributed by atoms with Gasteiger partial charge in [0.2, 0.25) is 0 Å². The molecule has 2 N–H and O–H groups in total. The zero-order valence-corrected chi connectivity index (χ0v) is 21.5. The maximum absolute atomic E-state index is 5.65. The molecular weight excluding hydrogens is 434 g/mol. The van der Waals surface area contributed by atoms with Crippen molar-refractivity contribution in [1.29, 1.82) is 0 Å². The zero-order chi connectivity index (χ0) is 24.5. The van der Waals surface area contributed by atoms with Gasteiger partial charge in [-0.25, -0.2) is 4.99 Å². The molecule has 5 nitrogen and oxygen atoms in total. The molecule has 0 amide bonds. The number of fused-ring (bicyclic) bond motifs is 1. The topological polar surface area (TPSA) is 62.4 Å². The van der Waals surface area contributed by atoms with Crippen LogP contribution in [0.4, 0.5) is 0 Å². The molecule has 186 valence electrons. The summed E-state index contributed by atoms with van der Waals surface area (Å²) in [5.74, 6) is 1.64. The van der Waals surface area contributed by atoms with Gasteiger partial charge in [0.1, 0.15) is 11.5 Å². The first-order chi connectivity index (χ1) is 17.2. The molecule has 3 aromatic rings. The number of H-pyrrole nitrogens is 2. The van der Waals surface area contributed by atoms with E-state index < -0.39 is 0 Å². The van der Waals surface area contributed by atoms with Gasteiger partial charge in [0.05, 0.1) is 36.0 Å². The number of aromatic nitrogens is 2. The minimum Gasteiger partial charge on any atom is -0.497 e. The van der Waals surface area contributed by atoms with E-state index in [4.69, 9.17) is 14.5 Å². The first kappa shape index (κ1) is 24.9. The summed E-state index contributed by atoms with van der Waals surface area (Å²) in [7, 11) is 3.38. The molecule has 0 radical (unpaired) electrons. The van der Waals surface area contributed by atoms with E-state index in [2.05, 4.69) is 41.2 Å². The molecule has 0 spiro atoms. The minimum absolute atomic E-state index is 0.805. The van der Waals surface area contributed by atoms with Crippen LogP contribution in [0.3, 0.4) is 0 Å². The molecule has 4 rings (SSSR count). The fourth-order valence-electron chi connectivity index (χ4n) is 4.66. The number of rotatable bonds is 13. The second-order valence-electron chi connectivity index (χ2n) is 9.39. The first-order valence-corrected chi connectivity index (χ1v) is 13.1. The molecule has 2 aromatic heterocycles. The van der Waals surface area contributed by atoms with Crippen molar-refractivity contribution in [1.82, 2.24) is 9.97 Å². The van der Waals surface area contributed by atoms with Gasteiger partial charge in [0.25, 0.3) is 0 Å². The summed E-state index contributed by atoms with van der Waals surface area (Å²) in [5.41, 5.74) is 3.26. The van der Waals surface area contributed by atoms with E-state index >= 15 is 0 Å². The van der Waals surface area contributed by atoms with Crippen molar-refractivity contribution in [3.05, 3.63) is 69.1 Å². The number of nitrogens with one attached hydrogen (secondary N) is 2. The molecule has 0 fully saturated rings. The number of nitrogens with zero attached hydrogens (tertiary/aromatic N) is 1. The molecule has 5 heteroatoms. The number of ether oxygens (including phenoxy) is 2. The van der Waals surface area contributed by atoms with E-state index in [9.17, 15) is 0 Å². The molecule has 1 aliphatic rings. The Bertz CT molecular complexity index is 1350. The zero-order valence-electron chi connectivity index (χ0n) is 21.5. The minimum atomic E-state index is 0.805. The highest BCUT2D eigenvalue weighted by Gasteiger charge is 2.07. The van der Waals surface area contributed by atoms with E-state index in [0.29, 0.717) is 0 Å². The molecule has 0 unspecified atom stereocenters. The van der Waals surface area contributed by atoms with Gasteiger partial charge in [-0.2, -0.15) is 0 Å². The van der Waals surface area contributed by atoms with E-state index in [0.717, 1.165) is 50.6 Å². The van der Waals surface area contributed by atoms with Crippen molar-refractivity contribution in [3.63, 3.8) is 0 Å². The van der Waals surface area contributed by atoms with Crippen LogP contribution in [0.5, 0.6) is 11.5 Å². The molecule has 3 heterocycles. The quantitative estimate of drug-likeness (QED) is 0.360. The van der Waals surface area contributed by atoms with E-state index in [1.165, 1.54) is 63.5 Å². The Hall–Kier alpha value is -3.21. The number of unbranched alkanes of at least 4 members (excludes halogenated alkanes) is 8. The molecule has 0 saturated carbocycles. The lowest BCUT2D eigenvalue weighted by Gasteiger charge is -2.01. The summed E-state index contributed by atoms with van der Waals surface area (Å²) >= 11 is 0. The van der Waals surface area contributed by atoms with Crippen molar-refractivity contribution in [2.45, 2.75) is 71.1 Å². The van der Waals surface area contributed by atoms with Crippen LogP contribution in [0.25, 0.3) is 17.8 Å². The van der Waals surface area contributed by atoms with E-state index in [1.54, 1.807) is 14.2 Å². The number of hydrogen-bond donors (Lipinski definition) is 2. The molecule has 0 bridgehead atoms. The standard InChI is InChI=1S/C30H39N3O2/c1-4-5-6-7-8-9-10-11-12-13-23-14-15-24(31-23)20-29-30(35-3)21-28(33-29)27-19-22-18-25(34-2)16-17-26(22)32-27/h14-21,31,33H,4-13H2,1-3H3. The molecule has 0 saturated heterocycles. The fraction of sp³-hybridized carbons (Fsp3) is 0.433. The third kappa shape index (κ3) is 6.68. The van der Waals surface area contributed by atoms with Gasteiger partial charge in [0.15, 0.2) is 0 Å². The van der Waals surface area contributed by atoms with Gasteiger partial charge < -0.3 is 19.4 Å². The van der Waals surface area contributed by atoms with Crippen LogP contribution in [0, 0.1) is 0 Å². The van der Waals surface area contributed by atoms with Crippen LogP contribution >= 0.6 is 0 Å². The highest BCUT2D eigenvalue weighted by molar-refractivity contribution is 5.77. The normalized spacial score (nSPS) is 14.5. The van der Waals surface area contributed by atoms with Crippen molar-refractivity contribution < 1.29 is 9.47 Å².